The molecule has 2 rings (SSSR count). The molecule has 23 heavy (non-hydrogen) atoms. The summed E-state index contributed by atoms with van der Waals surface area (Å²) in [6.45, 7) is -0.664. The van der Waals surface area contributed by atoms with E-state index in [2.05, 4.69) is 0 Å². The summed E-state index contributed by atoms with van der Waals surface area (Å²) in [5, 5.41) is 39.5. The molecule has 2 N–H and O–H groups in total. The van der Waals surface area contributed by atoms with Gasteiger partial charge in [0.15, 0.2) is 0 Å². The lowest BCUT2D eigenvalue weighted by Gasteiger charge is -2.30. The third kappa shape index (κ3) is 2.66. The number of aliphatic carboxylic acids is 1. The highest BCUT2D eigenvalue weighted by molar-refractivity contribution is 6.33. The van der Waals surface area contributed by atoms with Crippen molar-refractivity contribution in [1.29, 1.82) is 0 Å². The average Bonchev–Trinajstić information content (AvgIpc) is 2.43. The number of amides is 1. The van der Waals surface area contributed by atoms with Crippen LogP contribution in [0.3, 0.4) is 0 Å². The number of ether oxygens (including phenoxy) is 1. The van der Waals surface area contributed by atoms with Crippen molar-refractivity contribution < 1.29 is 34.4 Å². The molecule has 0 bridgehead atoms. The van der Waals surface area contributed by atoms with Gasteiger partial charge in [-0.1, -0.05) is 11.6 Å². The van der Waals surface area contributed by atoms with Crippen LogP contribution < -0.4 is 9.64 Å². The van der Waals surface area contributed by atoms with Gasteiger partial charge in [-0.3, -0.25) is 25.1 Å². The minimum absolute atomic E-state index is 0.447. The molecule has 1 aromatic carbocycles. The van der Waals surface area contributed by atoms with Gasteiger partial charge in [0.1, 0.15) is 5.02 Å². The smallest absolute Gasteiger partial charge is 0.412 e. The van der Waals surface area contributed by atoms with Gasteiger partial charge in [-0.25, -0.2) is 9.59 Å². The number of hydrogen-bond acceptors (Lipinski definition) is 7. The molecule has 122 valence electrons. The zero-order valence-corrected chi connectivity index (χ0v) is 11.6. The number of carbonyl (C=O) groups is 2. The van der Waals surface area contributed by atoms with Gasteiger partial charge < -0.3 is 14.9 Å². The summed E-state index contributed by atoms with van der Waals surface area (Å²) in [4.78, 5) is 42.5. The van der Waals surface area contributed by atoms with Crippen LogP contribution in [0.1, 0.15) is 0 Å². The summed E-state index contributed by atoms with van der Waals surface area (Å²) >= 11 is 5.64. The Kier molecular flexibility index (Phi) is 3.93. The third-order valence-electron chi connectivity index (χ3n) is 2.93. The van der Waals surface area contributed by atoms with Crippen molar-refractivity contribution in [2.75, 3.05) is 11.4 Å². The number of fused-ring (bicyclic) bond motifs is 1. The van der Waals surface area contributed by atoms with E-state index in [1.54, 1.807) is 0 Å². The lowest BCUT2D eigenvalue weighted by molar-refractivity contribution is -0.423. The second-order valence-corrected chi connectivity index (χ2v) is 4.66. The van der Waals surface area contributed by atoms with Gasteiger partial charge in [-0.15, -0.1) is 0 Å². The van der Waals surface area contributed by atoms with Crippen LogP contribution >= 0.6 is 11.6 Å². The van der Waals surface area contributed by atoms with Crippen LogP contribution in [0.5, 0.6) is 5.75 Å². The molecule has 0 saturated carbocycles. The topological polar surface area (TPSA) is 173 Å². The van der Waals surface area contributed by atoms with Gasteiger partial charge in [0.2, 0.25) is 11.9 Å². The summed E-state index contributed by atoms with van der Waals surface area (Å²) in [6.07, 6.45) is -3.39. The van der Waals surface area contributed by atoms with Crippen molar-refractivity contribution in [2.45, 2.75) is 6.10 Å². The van der Waals surface area contributed by atoms with E-state index >= 15 is 0 Å². The Balaban J connectivity index is 2.82. The molecule has 1 aliphatic heterocycles. The number of rotatable bonds is 3. The van der Waals surface area contributed by atoms with Crippen LogP contribution in [0.2, 0.25) is 5.02 Å². The fraction of sp³-hybridized carbons (Fsp3) is 0.200. The summed E-state index contributed by atoms with van der Waals surface area (Å²) in [5.74, 6) is -2.43. The van der Waals surface area contributed by atoms with E-state index in [0.717, 1.165) is 6.07 Å². The Morgan fingerprint density at radius 2 is 1.83 bits per heavy atom. The van der Waals surface area contributed by atoms with Crippen LogP contribution in [0.4, 0.5) is 21.9 Å². The number of nitro benzene ring substituents is 2. The van der Waals surface area contributed by atoms with E-state index in [1.807, 2.05) is 0 Å². The van der Waals surface area contributed by atoms with Crippen LogP contribution in [0.25, 0.3) is 0 Å². The molecule has 0 fully saturated rings. The Bertz CT molecular complexity index is 750. The van der Waals surface area contributed by atoms with Crippen molar-refractivity contribution in [3.63, 3.8) is 0 Å². The highest BCUT2D eigenvalue weighted by atomic mass is 35.5. The molecule has 13 heteroatoms. The van der Waals surface area contributed by atoms with E-state index in [9.17, 15) is 29.8 Å². The van der Waals surface area contributed by atoms with Gasteiger partial charge in [0.05, 0.1) is 22.1 Å². The number of carboxylic acid groups (broad SMARTS) is 2. The second-order valence-electron chi connectivity index (χ2n) is 4.26. The van der Waals surface area contributed by atoms with Crippen LogP contribution in [0, 0.1) is 20.2 Å². The SMILES string of the molecule is O=C(O)C1CN(C(=O)O)c2cc(Cl)c([N+](=O)[O-])c([N+](=O)[O-])c2O1. The molecule has 0 aliphatic carbocycles. The molecule has 0 aromatic heterocycles. The zero-order chi connectivity index (χ0) is 17.5. The first-order valence-corrected chi connectivity index (χ1v) is 6.08. The monoisotopic (exact) mass is 347 g/mol. The number of carboxylic acids is 1. The molecule has 0 saturated heterocycles. The van der Waals surface area contributed by atoms with Gasteiger partial charge in [0.25, 0.3) is 0 Å². The lowest BCUT2D eigenvalue weighted by Crippen LogP contribution is -2.46. The van der Waals surface area contributed by atoms with Crippen molar-refractivity contribution >= 4 is 40.7 Å². The Morgan fingerprint density at radius 3 is 2.26 bits per heavy atom. The van der Waals surface area contributed by atoms with E-state index in [0.29, 0.717) is 4.90 Å². The molecule has 1 aliphatic rings. The molecular weight excluding hydrogens is 342 g/mol. The number of nitrogens with zero attached hydrogens (tertiary/aromatic N) is 3. The van der Waals surface area contributed by atoms with E-state index < -0.39 is 62.4 Å². The normalized spacial score (nSPS) is 16.2. The maximum Gasteiger partial charge on any atom is 0.412 e. The molecule has 0 radical (unpaired) electrons. The summed E-state index contributed by atoms with van der Waals surface area (Å²) in [6, 6.07) is 0.800. The quantitative estimate of drug-likeness (QED) is 0.606. The summed E-state index contributed by atoms with van der Waals surface area (Å²) < 4.78 is 4.90. The largest absolute Gasteiger partial charge is 0.478 e. The standard InChI is InChI=1S/C10H6ClN3O9/c11-3-1-4-8(7(14(21)22)6(3)13(19)20)23-5(9(15)16)2-12(4)10(17)18/h1,5H,2H2,(H,15,16)(H,17,18). The number of benzene rings is 1. The van der Waals surface area contributed by atoms with Crippen LogP contribution in [0.15, 0.2) is 6.07 Å². The predicted octanol–water partition coefficient (Wildman–Crippen LogP) is 1.49. The highest BCUT2D eigenvalue weighted by Gasteiger charge is 2.44. The number of nitro groups is 2. The maximum atomic E-state index is 11.2. The van der Waals surface area contributed by atoms with Gasteiger partial charge >= 0.3 is 23.4 Å². The van der Waals surface area contributed by atoms with Crippen molar-refractivity contribution in [1.82, 2.24) is 0 Å². The zero-order valence-electron chi connectivity index (χ0n) is 10.8. The fourth-order valence-corrected chi connectivity index (χ4v) is 2.27. The first-order valence-electron chi connectivity index (χ1n) is 5.70. The molecule has 1 unspecified atom stereocenters. The maximum absolute atomic E-state index is 11.2. The molecular formula is C10H6ClN3O9. The molecule has 1 heterocycles. The highest BCUT2D eigenvalue weighted by Crippen LogP contribution is 2.50. The Hall–Kier alpha value is -3.15. The second kappa shape index (κ2) is 5.57. The van der Waals surface area contributed by atoms with Gasteiger partial charge in [-0.2, -0.15) is 0 Å². The van der Waals surface area contributed by atoms with Gasteiger partial charge in [0, 0.05) is 0 Å². The van der Waals surface area contributed by atoms with Gasteiger partial charge in [-0.05, 0) is 6.07 Å². The van der Waals surface area contributed by atoms with E-state index in [-0.39, 0.29) is 0 Å². The third-order valence-corrected chi connectivity index (χ3v) is 3.22. The molecule has 12 nitrogen and oxygen atoms in total. The molecule has 1 aromatic rings. The molecule has 1 atom stereocenters. The minimum atomic E-state index is -1.77. The van der Waals surface area contributed by atoms with E-state index in [4.69, 9.17) is 26.6 Å². The molecule has 0 spiro atoms. The number of anilines is 1. The minimum Gasteiger partial charge on any atom is -0.478 e. The van der Waals surface area contributed by atoms with Crippen molar-refractivity contribution in [3.8, 4) is 5.75 Å². The molecule has 1 amide bonds. The average molecular weight is 348 g/mol. The van der Waals surface area contributed by atoms with Crippen LogP contribution in [-0.4, -0.2) is 44.8 Å². The number of hydrogen-bond donors (Lipinski definition) is 2. The predicted molar refractivity (Wildman–Crippen MR) is 72.2 cm³/mol. The summed E-state index contributed by atoms with van der Waals surface area (Å²) in [7, 11) is 0. The number of halogens is 1. The Morgan fingerprint density at radius 1 is 1.26 bits per heavy atom. The Labute approximate surface area is 130 Å². The van der Waals surface area contributed by atoms with Crippen LogP contribution in [-0.2, 0) is 4.79 Å². The van der Waals surface area contributed by atoms with E-state index in [1.165, 1.54) is 0 Å². The first-order chi connectivity index (χ1) is 10.6. The van der Waals surface area contributed by atoms with Crippen molar-refractivity contribution in [3.05, 3.63) is 31.3 Å². The van der Waals surface area contributed by atoms with Crippen molar-refractivity contribution in [2.24, 2.45) is 0 Å². The fourth-order valence-electron chi connectivity index (χ4n) is 2.01. The first kappa shape index (κ1) is 16.2. The lowest BCUT2D eigenvalue weighted by atomic mass is 10.1. The summed E-state index contributed by atoms with van der Waals surface area (Å²) in [5.41, 5.74) is -2.78.